The van der Waals surface area contributed by atoms with Crippen LogP contribution >= 0.6 is 0 Å². The average Bonchev–Trinajstić information content (AvgIpc) is 3.19. The third-order valence-electron chi connectivity index (χ3n) is 4.65. The van der Waals surface area contributed by atoms with Crippen molar-refractivity contribution in [3.63, 3.8) is 0 Å². The fourth-order valence-electron chi connectivity index (χ4n) is 3.17. The molecule has 1 heterocycles. The number of amides is 3. The molecule has 0 atom stereocenters. The Morgan fingerprint density at radius 1 is 0.833 bits per heavy atom. The van der Waals surface area contributed by atoms with Crippen molar-refractivity contribution in [3.05, 3.63) is 36.4 Å². The quantitative estimate of drug-likeness (QED) is 0.705. The standard InChI is InChI=1S/C21H23N3O6/c1-28-16-8-6-13(11-15(16)24-10-4-5-19(24)25)22-20(26)21(27)23-14-7-9-17(29-2)18(12-14)30-3/h6-9,11-12H,4-5,10H2,1-3H3,(H,22,26)(H,23,27). The van der Waals surface area contributed by atoms with Crippen LogP contribution in [0.2, 0.25) is 0 Å². The second kappa shape index (κ2) is 9.17. The van der Waals surface area contributed by atoms with Gasteiger partial charge < -0.3 is 29.7 Å². The van der Waals surface area contributed by atoms with E-state index in [0.29, 0.717) is 47.3 Å². The zero-order valence-corrected chi connectivity index (χ0v) is 17.0. The zero-order valence-electron chi connectivity index (χ0n) is 17.0. The average molecular weight is 413 g/mol. The van der Waals surface area contributed by atoms with Crippen LogP contribution in [-0.2, 0) is 14.4 Å². The van der Waals surface area contributed by atoms with Gasteiger partial charge in [-0.15, -0.1) is 0 Å². The minimum absolute atomic E-state index is 0.0111. The molecule has 158 valence electrons. The molecule has 1 fully saturated rings. The Labute approximate surface area is 173 Å². The van der Waals surface area contributed by atoms with Crippen molar-refractivity contribution in [1.29, 1.82) is 0 Å². The van der Waals surface area contributed by atoms with Crippen molar-refractivity contribution < 1.29 is 28.6 Å². The molecule has 0 unspecified atom stereocenters. The van der Waals surface area contributed by atoms with E-state index in [-0.39, 0.29) is 5.91 Å². The van der Waals surface area contributed by atoms with Crippen LogP contribution < -0.4 is 29.7 Å². The Balaban J connectivity index is 1.72. The molecule has 30 heavy (non-hydrogen) atoms. The predicted octanol–water partition coefficient (Wildman–Crippen LogP) is 2.42. The maximum absolute atomic E-state index is 12.4. The Hall–Kier alpha value is -3.75. The lowest BCUT2D eigenvalue weighted by atomic mass is 10.2. The number of carbonyl (C=O) groups excluding carboxylic acids is 3. The van der Waals surface area contributed by atoms with Gasteiger partial charge in [0.05, 0.1) is 27.0 Å². The summed E-state index contributed by atoms with van der Waals surface area (Å²) >= 11 is 0. The van der Waals surface area contributed by atoms with E-state index in [9.17, 15) is 14.4 Å². The zero-order chi connectivity index (χ0) is 21.7. The molecule has 9 heteroatoms. The van der Waals surface area contributed by atoms with Crippen LogP contribution in [0.5, 0.6) is 17.2 Å². The van der Waals surface area contributed by atoms with Gasteiger partial charge in [0.25, 0.3) is 0 Å². The third kappa shape index (κ3) is 4.45. The number of carbonyl (C=O) groups is 3. The number of methoxy groups -OCH3 is 3. The van der Waals surface area contributed by atoms with Gasteiger partial charge in [0, 0.05) is 30.4 Å². The molecule has 3 rings (SSSR count). The first kappa shape index (κ1) is 21.0. The van der Waals surface area contributed by atoms with Gasteiger partial charge >= 0.3 is 11.8 Å². The van der Waals surface area contributed by atoms with E-state index in [1.807, 2.05) is 0 Å². The van der Waals surface area contributed by atoms with Gasteiger partial charge in [-0.25, -0.2) is 0 Å². The second-order valence-electron chi connectivity index (χ2n) is 6.51. The van der Waals surface area contributed by atoms with Gasteiger partial charge in [0.15, 0.2) is 11.5 Å². The number of ether oxygens (including phenoxy) is 3. The van der Waals surface area contributed by atoms with Crippen LogP contribution in [0.25, 0.3) is 0 Å². The van der Waals surface area contributed by atoms with Crippen molar-refractivity contribution >= 4 is 34.8 Å². The van der Waals surface area contributed by atoms with E-state index in [1.54, 1.807) is 41.3 Å². The summed E-state index contributed by atoms with van der Waals surface area (Å²) in [4.78, 5) is 38.4. The number of anilines is 3. The molecule has 0 aliphatic carbocycles. The van der Waals surface area contributed by atoms with E-state index >= 15 is 0 Å². The fourth-order valence-corrected chi connectivity index (χ4v) is 3.17. The molecule has 3 amide bonds. The molecule has 0 spiro atoms. The number of rotatable bonds is 6. The second-order valence-corrected chi connectivity index (χ2v) is 6.51. The lowest BCUT2D eigenvalue weighted by Crippen LogP contribution is -2.29. The predicted molar refractivity (Wildman–Crippen MR) is 111 cm³/mol. The normalized spacial score (nSPS) is 13.0. The molecule has 2 N–H and O–H groups in total. The summed E-state index contributed by atoms with van der Waals surface area (Å²) in [5.41, 5.74) is 1.31. The summed E-state index contributed by atoms with van der Waals surface area (Å²) in [6.45, 7) is 0.576. The molecule has 0 aromatic heterocycles. The molecule has 0 radical (unpaired) electrons. The monoisotopic (exact) mass is 413 g/mol. The lowest BCUT2D eigenvalue weighted by molar-refractivity contribution is -0.132. The highest BCUT2D eigenvalue weighted by Gasteiger charge is 2.25. The maximum Gasteiger partial charge on any atom is 0.314 e. The van der Waals surface area contributed by atoms with E-state index in [0.717, 1.165) is 6.42 Å². The van der Waals surface area contributed by atoms with Gasteiger partial charge in [0.2, 0.25) is 5.91 Å². The Bertz CT molecular complexity index is 975. The highest BCUT2D eigenvalue weighted by Crippen LogP contribution is 2.34. The maximum atomic E-state index is 12.4. The van der Waals surface area contributed by atoms with Gasteiger partial charge in [-0.1, -0.05) is 0 Å². The number of hydrogen-bond donors (Lipinski definition) is 2. The minimum Gasteiger partial charge on any atom is -0.495 e. The van der Waals surface area contributed by atoms with Crippen LogP contribution in [0.15, 0.2) is 36.4 Å². The van der Waals surface area contributed by atoms with E-state index in [4.69, 9.17) is 14.2 Å². The van der Waals surface area contributed by atoms with Gasteiger partial charge in [-0.2, -0.15) is 0 Å². The van der Waals surface area contributed by atoms with Gasteiger partial charge in [0.1, 0.15) is 5.75 Å². The lowest BCUT2D eigenvalue weighted by Gasteiger charge is -2.20. The third-order valence-corrected chi connectivity index (χ3v) is 4.65. The van der Waals surface area contributed by atoms with Crippen molar-refractivity contribution in [1.82, 2.24) is 0 Å². The molecule has 1 saturated heterocycles. The largest absolute Gasteiger partial charge is 0.495 e. The molecule has 2 aromatic carbocycles. The van der Waals surface area contributed by atoms with Gasteiger partial charge in [-0.3, -0.25) is 14.4 Å². The highest BCUT2D eigenvalue weighted by atomic mass is 16.5. The number of benzene rings is 2. The van der Waals surface area contributed by atoms with Crippen molar-refractivity contribution in [2.24, 2.45) is 0 Å². The molecular formula is C21H23N3O6. The summed E-state index contributed by atoms with van der Waals surface area (Å²) in [7, 11) is 4.49. The SMILES string of the molecule is COc1ccc(NC(=O)C(=O)Nc2ccc(OC)c(N3CCCC3=O)c2)cc1OC. The molecular weight excluding hydrogens is 390 g/mol. The van der Waals surface area contributed by atoms with Crippen molar-refractivity contribution in [2.75, 3.05) is 43.4 Å². The molecule has 2 aromatic rings. The Morgan fingerprint density at radius 2 is 1.40 bits per heavy atom. The smallest absolute Gasteiger partial charge is 0.314 e. The summed E-state index contributed by atoms with van der Waals surface area (Å²) in [5.74, 6) is -0.278. The molecule has 1 aliphatic heterocycles. The molecule has 9 nitrogen and oxygen atoms in total. The van der Waals surface area contributed by atoms with E-state index in [2.05, 4.69) is 10.6 Å². The Kier molecular flexibility index (Phi) is 6.41. The van der Waals surface area contributed by atoms with Crippen molar-refractivity contribution in [3.8, 4) is 17.2 Å². The van der Waals surface area contributed by atoms with Crippen LogP contribution in [0, 0.1) is 0 Å². The first-order valence-electron chi connectivity index (χ1n) is 9.29. The molecule has 1 aliphatic rings. The fraction of sp³-hybridized carbons (Fsp3) is 0.286. The number of nitrogens with one attached hydrogen (secondary N) is 2. The van der Waals surface area contributed by atoms with E-state index < -0.39 is 11.8 Å². The highest BCUT2D eigenvalue weighted by molar-refractivity contribution is 6.43. The first-order chi connectivity index (χ1) is 14.5. The van der Waals surface area contributed by atoms with Crippen LogP contribution in [0.3, 0.4) is 0 Å². The summed E-state index contributed by atoms with van der Waals surface area (Å²) in [5, 5.41) is 5.05. The van der Waals surface area contributed by atoms with Crippen LogP contribution in [-0.4, -0.2) is 45.6 Å². The number of nitrogens with zero attached hydrogens (tertiary/aromatic N) is 1. The minimum atomic E-state index is -0.853. The first-order valence-corrected chi connectivity index (χ1v) is 9.29. The summed E-state index contributed by atoms with van der Waals surface area (Å²) < 4.78 is 15.7. The van der Waals surface area contributed by atoms with Crippen LogP contribution in [0.1, 0.15) is 12.8 Å². The van der Waals surface area contributed by atoms with Crippen LogP contribution in [0.4, 0.5) is 17.1 Å². The molecule has 0 bridgehead atoms. The van der Waals surface area contributed by atoms with Crippen molar-refractivity contribution in [2.45, 2.75) is 12.8 Å². The van der Waals surface area contributed by atoms with Gasteiger partial charge in [-0.05, 0) is 36.8 Å². The topological polar surface area (TPSA) is 106 Å². The summed E-state index contributed by atoms with van der Waals surface area (Å²) in [6, 6.07) is 9.62. The number of hydrogen-bond acceptors (Lipinski definition) is 6. The molecule has 0 saturated carbocycles. The Morgan fingerprint density at radius 3 is 1.93 bits per heavy atom. The summed E-state index contributed by atoms with van der Waals surface area (Å²) in [6.07, 6.45) is 1.22. The van der Waals surface area contributed by atoms with E-state index in [1.165, 1.54) is 21.3 Å².